The highest BCUT2D eigenvalue weighted by Gasteiger charge is 2.05. The maximum atomic E-state index is 5.01. The second-order valence-corrected chi connectivity index (χ2v) is 4.11. The summed E-state index contributed by atoms with van der Waals surface area (Å²) in [4.78, 5) is 2.77. The van der Waals surface area contributed by atoms with Gasteiger partial charge in [-0.1, -0.05) is 22.9 Å². The smallest absolute Gasteiger partial charge is 0.0600 e. The van der Waals surface area contributed by atoms with Gasteiger partial charge in [-0.2, -0.15) is 0 Å². The van der Waals surface area contributed by atoms with Crippen LogP contribution in [0.2, 0.25) is 0 Å². The number of alkyl halides is 1. The first kappa shape index (κ1) is 11.4. The zero-order chi connectivity index (χ0) is 8.69. The predicted octanol–water partition coefficient (Wildman–Crippen LogP) is 1.74. The van der Waals surface area contributed by atoms with Gasteiger partial charge >= 0.3 is 0 Å². The fraction of sp³-hybridized carbons (Fsp3) is 1.00. The van der Waals surface area contributed by atoms with Crippen LogP contribution in [0.1, 0.15) is 13.3 Å². The van der Waals surface area contributed by atoms with Crippen molar-refractivity contribution in [1.29, 1.82) is 0 Å². The van der Waals surface area contributed by atoms with E-state index in [4.69, 9.17) is 4.74 Å². The van der Waals surface area contributed by atoms with Gasteiger partial charge in [-0.25, -0.2) is 0 Å². The summed E-state index contributed by atoms with van der Waals surface area (Å²) < 4.78 is 5.01. The summed E-state index contributed by atoms with van der Waals surface area (Å²) in [6.45, 7) is 5.19. The molecule has 1 unspecified atom stereocenters. The molecule has 0 saturated heterocycles. The van der Waals surface area contributed by atoms with Crippen molar-refractivity contribution in [2.45, 2.75) is 18.2 Å². The van der Waals surface area contributed by atoms with Gasteiger partial charge in [0.25, 0.3) is 0 Å². The average molecular weight is 224 g/mol. The van der Waals surface area contributed by atoms with Crippen LogP contribution in [0.5, 0.6) is 0 Å². The number of hydrogen-bond donors (Lipinski definition) is 0. The maximum Gasteiger partial charge on any atom is 0.0600 e. The summed E-state index contributed by atoms with van der Waals surface area (Å²) in [5.74, 6) is 0. The summed E-state index contributed by atoms with van der Waals surface area (Å²) >= 11 is 3.54. The lowest BCUT2D eigenvalue weighted by Crippen LogP contribution is -2.28. The average Bonchev–Trinajstić information content (AvgIpc) is 1.87. The van der Waals surface area contributed by atoms with Gasteiger partial charge in [-0.05, 0) is 20.0 Å². The van der Waals surface area contributed by atoms with Gasteiger partial charge in [0.1, 0.15) is 0 Å². The molecule has 0 rings (SSSR count). The molecule has 0 saturated carbocycles. The second-order valence-electron chi connectivity index (χ2n) is 2.81. The number of ether oxygens (including phenoxy) is 1. The van der Waals surface area contributed by atoms with Crippen molar-refractivity contribution < 1.29 is 4.74 Å². The zero-order valence-corrected chi connectivity index (χ0v) is 9.23. The molecule has 0 aromatic heterocycles. The highest BCUT2D eigenvalue weighted by Crippen LogP contribution is 2.01. The summed E-state index contributed by atoms with van der Waals surface area (Å²) in [6, 6.07) is 0. The van der Waals surface area contributed by atoms with E-state index >= 15 is 0 Å². The van der Waals surface area contributed by atoms with Gasteiger partial charge in [-0.3, -0.25) is 0 Å². The lowest BCUT2D eigenvalue weighted by Gasteiger charge is -2.18. The third-order valence-corrected chi connectivity index (χ3v) is 2.02. The first-order valence-electron chi connectivity index (χ1n) is 4.02. The molecule has 0 heterocycles. The third kappa shape index (κ3) is 6.78. The third-order valence-electron chi connectivity index (χ3n) is 1.46. The summed E-state index contributed by atoms with van der Waals surface area (Å²) in [5.41, 5.74) is 0. The van der Waals surface area contributed by atoms with Crippen LogP contribution in [-0.4, -0.2) is 43.6 Å². The van der Waals surface area contributed by atoms with Gasteiger partial charge in [0.2, 0.25) is 0 Å². The Morgan fingerprint density at radius 3 is 2.64 bits per heavy atom. The van der Waals surface area contributed by atoms with Gasteiger partial charge in [0, 0.05) is 13.7 Å². The van der Waals surface area contributed by atoms with Crippen LogP contribution < -0.4 is 0 Å². The highest BCUT2D eigenvalue weighted by molar-refractivity contribution is 9.09. The molecule has 0 fully saturated rings. The first-order chi connectivity index (χ1) is 5.20. The molecule has 0 aromatic carbocycles. The molecule has 0 spiro atoms. The van der Waals surface area contributed by atoms with Crippen molar-refractivity contribution >= 4 is 15.9 Å². The Bertz CT molecular complexity index is 80.2. The van der Waals surface area contributed by atoms with Crippen molar-refractivity contribution in [3.8, 4) is 0 Å². The second kappa shape index (κ2) is 7.07. The lowest BCUT2D eigenvalue weighted by molar-refractivity contribution is 0.186. The number of methoxy groups -OCH3 is 1. The van der Waals surface area contributed by atoms with Gasteiger partial charge in [0.15, 0.2) is 0 Å². The van der Waals surface area contributed by atoms with Crippen LogP contribution in [0.3, 0.4) is 0 Å². The number of rotatable bonds is 6. The first-order valence-corrected chi connectivity index (χ1v) is 4.93. The van der Waals surface area contributed by atoms with Crippen molar-refractivity contribution in [2.75, 3.05) is 33.9 Å². The van der Waals surface area contributed by atoms with E-state index in [0.29, 0.717) is 4.83 Å². The molecule has 3 heteroatoms. The predicted molar refractivity (Wildman–Crippen MR) is 52.4 cm³/mol. The van der Waals surface area contributed by atoms with Crippen molar-refractivity contribution in [2.24, 2.45) is 0 Å². The number of halogens is 1. The van der Waals surface area contributed by atoms with Gasteiger partial charge < -0.3 is 9.64 Å². The van der Waals surface area contributed by atoms with E-state index in [1.165, 1.54) is 6.42 Å². The Morgan fingerprint density at radius 1 is 1.55 bits per heavy atom. The topological polar surface area (TPSA) is 12.5 Å². The van der Waals surface area contributed by atoms with Gasteiger partial charge in [0.05, 0.1) is 11.4 Å². The van der Waals surface area contributed by atoms with E-state index in [2.05, 4.69) is 34.8 Å². The fourth-order valence-electron chi connectivity index (χ4n) is 1.04. The van der Waals surface area contributed by atoms with E-state index in [1.54, 1.807) is 7.11 Å². The van der Waals surface area contributed by atoms with Crippen LogP contribution >= 0.6 is 15.9 Å². The molecule has 0 radical (unpaired) electrons. The Hall–Kier alpha value is 0.400. The lowest BCUT2D eigenvalue weighted by atomic mass is 10.4. The monoisotopic (exact) mass is 223 g/mol. The van der Waals surface area contributed by atoms with Gasteiger partial charge in [-0.15, -0.1) is 0 Å². The molecule has 0 aromatic rings. The number of hydrogen-bond acceptors (Lipinski definition) is 2. The largest absolute Gasteiger partial charge is 0.383 e. The molecule has 0 N–H and O–H groups in total. The molecule has 11 heavy (non-hydrogen) atoms. The van der Waals surface area contributed by atoms with E-state index in [0.717, 1.165) is 19.7 Å². The molecule has 68 valence electrons. The van der Waals surface area contributed by atoms with Crippen LogP contribution in [0.25, 0.3) is 0 Å². The SMILES string of the molecule is CCCN(C)CC(Br)COC. The summed E-state index contributed by atoms with van der Waals surface area (Å²) in [7, 11) is 3.86. The van der Waals surface area contributed by atoms with E-state index in [1.807, 2.05) is 0 Å². The maximum absolute atomic E-state index is 5.01. The minimum Gasteiger partial charge on any atom is -0.383 e. The van der Waals surface area contributed by atoms with Crippen LogP contribution in [0.4, 0.5) is 0 Å². The molecule has 1 atom stereocenters. The Kier molecular flexibility index (Phi) is 7.33. The Morgan fingerprint density at radius 2 is 2.18 bits per heavy atom. The highest BCUT2D eigenvalue weighted by atomic mass is 79.9. The zero-order valence-electron chi connectivity index (χ0n) is 7.64. The summed E-state index contributed by atoms with van der Waals surface area (Å²) in [5, 5.41) is 0. The van der Waals surface area contributed by atoms with Crippen LogP contribution in [0.15, 0.2) is 0 Å². The molecule has 0 aliphatic heterocycles. The fourth-order valence-corrected chi connectivity index (χ4v) is 1.80. The Labute approximate surface area is 78.0 Å². The van der Waals surface area contributed by atoms with E-state index < -0.39 is 0 Å². The minimum atomic E-state index is 0.462. The molecule has 0 bridgehead atoms. The molecule has 2 nitrogen and oxygen atoms in total. The molecule has 0 aliphatic rings. The molecular weight excluding hydrogens is 206 g/mol. The Balaban J connectivity index is 3.32. The van der Waals surface area contributed by atoms with Crippen LogP contribution in [-0.2, 0) is 4.74 Å². The molecule has 0 aliphatic carbocycles. The van der Waals surface area contributed by atoms with Crippen molar-refractivity contribution in [1.82, 2.24) is 4.90 Å². The normalized spacial score (nSPS) is 13.9. The van der Waals surface area contributed by atoms with E-state index in [9.17, 15) is 0 Å². The standard InChI is InChI=1S/C8H18BrNO/c1-4-5-10(2)6-8(9)7-11-3/h8H,4-7H2,1-3H3. The molecular formula is C8H18BrNO. The number of nitrogens with zero attached hydrogens (tertiary/aromatic N) is 1. The minimum absolute atomic E-state index is 0.462. The van der Waals surface area contributed by atoms with Crippen LogP contribution in [0, 0.1) is 0 Å². The van der Waals surface area contributed by atoms with E-state index in [-0.39, 0.29) is 0 Å². The summed E-state index contributed by atoms with van der Waals surface area (Å²) in [6.07, 6.45) is 1.21. The molecule has 0 amide bonds. The quantitative estimate of drug-likeness (QED) is 0.637. The van der Waals surface area contributed by atoms with Crippen molar-refractivity contribution in [3.05, 3.63) is 0 Å². The van der Waals surface area contributed by atoms with Crippen molar-refractivity contribution in [3.63, 3.8) is 0 Å².